The average Bonchev–Trinajstić information content (AvgIpc) is 2.58. The van der Waals surface area contributed by atoms with Gasteiger partial charge in [-0.25, -0.2) is 4.98 Å². The molecule has 3 nitrogen and oxygen atoms in total. The highest BCUT2D eigenvalue weighted by molar-refractivity contribution is 7.13. The molecule has 0 fully saturated rings. The highest BCUT2D eigenvalue weighted by Gasteiger charge is 2.05. The maximum Gasteiger partial charge on any atom is 0.180 e. The van der Waals surface area contributed by atoms with Gasteiger partial charge in [0.05, 0.1) is 5.69 Å². The maximum absolute atomic E-state index is 9.65. The molecule has 0 aliphatic heterocycles. The van der Waals surface area contributed by atoms with Gasteiger partial charge in [-0.05, 0) is 13.0 Å². The number of aromatic nitrogens is 1. The number of thiazole rings is 1. The standard InChI is InChI=1S/C11H12N2OS/c1-7-2-3-10(14)8(4-7)5-9-6-15-11(12)13-9/h2-4,6,14H,5H2,1H3,(H2,12,13). The van der Waals surface area contributed by atoms with Crippen molar-refractivity contribution in [1.29, 1.82) is 0 Å². The molecule has 2 aromatic rings. The Morgan fingerprint density at radius 2 is 2.27 bits per heavy atom. The van der Waals surface area contributed by atoms with Crippen LogP contribution < -0.4 is 5.73 Å². The van der Waals surface area contributed by atoms with Gasteiger partial charge in [0.15, 0.2) is 5.13 Å². The molecule has 15 heavy (non-hydrogen) atoms. The summed E-state index contributed by atoms with van der Waals surface area (Å²) in [7, 11) is 0. The first-order valence-electron chi connectivity index (χ1n) is 4.63. The summed E-state index contributed by atoms with van der Waals surface area (Å²) < 4.78 is 0. The van der Waals surface area contributed by atoms with Crippen molar-refractivity contribution in [1.82, 2.24) is 4.98 Å². The second-order valence-corrected chi connectivity index (χ2v) is 4.38. The third-order valence-electron chi connectivity index (χ3n) is 2.18. The van der Waals surface area contributed by atoms with E-state index in [1.165, 1.54) is 11.3 Å². The van der Waals surface area contributed by atoms with Gasteiger partial charge in [0.1, 0.15) is 5.75 Å². The lowest BCUT2D eigenvalue weighted by atomic mass is 10.1. The fourth-order valence-corrected chi connectivity index (χ4v) is 2.02. The van der Waals surface area contributed by atoms with Crippen molar-refractivity contribution in [2.75, 3.05) is 5.73 Å². The third-order valence-corrected chi connectivity index (χ3v) is 2.90. The van der Waals surface area contributed by atoms with Gasteiger partial charge >= 0.3 is 0 Å². The molecule has 1 aromatic carbocycles. The Morgan fingerprint density at radius 3 is 2.93 bits per heavy atom. The minimum absolute atomic E-state index is 0.312. The Bertz CT molecular complexity index is 479. The molecule has 0 atom stereocenters. The Kier molecular flexibility index (Phi) is 2.60. The molecular weight excluding hydrogens is 208 g/mol. The summed E-state index contributed by atoms with van der Waals surface area (Å²) >= 11 is 1.42. The van der Waals surface area contributed by atoms with Gasteiger partial charge in [-0.2, -0.15) is 0 Å². The van der Waals surface area contributed by atoms with Crippen molar-refractivity contribution in [3.63, 3.8) is 0 Å². The van der Waals surface area contributed by atoms with Gasteiger partial charge < -0.3 is 10.8 Å². The lowest BCUT2D eigenvalue weighted by molar-refractivity contribution is 0.469. The Morgan fingerprint density at radius 1 is 1.47 bits per heavy atom. The van der Waals surface area contributed by atoms with E-state index in [9.17, 15) is 5.11 Å². The Balaban J connectivity index is 2.27. The molecule has 0 spiro atoms. The van der Waals surface area contributed by atoms with Crippen LogP contribution in [0, 0.1) is 6.92 Å². The van der Waals surface area contributed by atoms with Gasteiger partial charge in [0.25, 0.3) is 0 Å². The SMILES string of the molecule is Cc1ccc(O)c(Cc2csc(N)n2)c1. The molecule has 3 N–H and O–H groups in total. The fraction of sp³-hybridized carbons (Fsp3) is 0.182. The van der Waals surface area contributed by atoms with Gasteiger partial charge in [-0.1, -0.05) is 17.7 Å². The van der Waals surface area contributed by atoms with Crippen LogP contribution in [0.15, 0.2) is 23.6 Å². The summed E-state index contributed by atoms with van der Waals surface area (Å²) in [6.45, 7) is 2.00. The van der Waals surface area contributed by atoms with Crippen LogP contribution in [0.25, 0.3) is 0 Å². The monoisotopic (exact) mass is 220 g/mol. The van der Waals surface area contributed by atoms with Crippen LogP contribution in [0.5, 0.6) is 5.75 Å². The van der Waals surface area contributed by atoms with E-state index >= 15 is 0 Å². The largest absolute Gasteiger partial charge is 0.508 e. The Labute approximate surface area is 92.2 Å². The molecule has 78 valence electrons. The van der Waals surface area contributed by atoms with Gasteiger partial charge in [-0.15, -0.1) is 11.3 Å². The van der Waals surface area contributed by atoms with Crippen LogP contribution in [0.4, 0.5) is 5.13 Å². The third kappa shape index (κ3) is 2.27. The second kappa shape index (κ2) is 3.90. The number of nitrogen functional groups attached to an aromatic ring is 1. The van der Waals surface area contributed by atoms with Crippen LogP contribution in [-0.2, 0) is 6.42 Å². The van der Waals surface area contributed by atoms with Crippen molar-refractivity contribution in [3.05, 3.63) is 40.4 Å². The molecule has 2 rings (SSSR count). The number of nitrogens with zero attached hydrogens (tertiary/aromatic N) is 1. The first-order chi connectivity index (χ1) is 7.15. The van der Waals surface area contributed by atoms with E-state index in [4.69, 9.17) is 5.73 Å². The van der Waals surface area contributed by atoms with Crippen molar-refractivity contribution >= 4 is 16.5 Å². The van der Waals surface area contributed by atoms with Gasteiger partial charge in [0, 0.05) is 17.4 Å². The quantitative estimate of drug-likeness (QED) is 0.816. The molecule has 1 aromatic heterocycles. The molecule has 0 saturated heterocycles. The molecule has 0 bridgehead atoms. The number of rotatable bonds is 2. The van der Waals surface area contributed by atoms with E-state index in [-0.39, 0.29) is 0 Å². The maximum atomic E-state index is 9.65. The van der Waals surface area contributed by atoms with E-state index < -0.39 is 0 Å². The van der Waals surface area contributed by atoms with Crippen LogP contribution in [0.1, 0.15) is 16.8 Å². The van der Waals surface area contributed by atoms with Crippen molar-refractivity contribution in [3.8, 4) is 5.75 Å². The first kappa shape index (κ1) is 9.98. The van der Waals surface area contributed by atoms with Crippen LogP contribution in [0.3, 0.4) is 0 Å². The molecule has 0 aliphatic carbocycles. The number of aryl methyl sites for hydroxylation is 1. The zero-order chi connectivity index (χ0) is 10.8. The van der Waals surface area contributed by atoms with Gasteiger partial charge in [-0.3, -0.25) is 0 Å². The normalized spacial score (nSPS) is 10.5. The number of phenolic OH excluding ortho intramolecular Hbond substituents is 1. The number of hydrogen-bond acceptors (Lipinski definition) is 4. The second-order valence-electron chi connectivity index (χ2n) is 3.49. The van der Waals surface area contributed by atoms with E-state index in [1.807, 2.05) is 24.4 Å². The van der Waals surface area contributed by atoms with E-state index in [1.54, 1.807) is 6.07 Å². The zero-order valence-electron chi connectivity index (χ0n) is 8.40. The smallest absolute Gasteiger partial charge is 0.180 e. The highest BCUT2D eigenvalue weighted by Crippen LogP contribution is 2.22. The highest BCUT2D eigenvalue weighted by atomic mass is 32.1. The molecule has 0 amide bonds. The summed E-state index contributed by atoms with van der Waals surface area (Å²) in [6, 6.07) is 5.56. The topological polar surface area (TPSA) is 59.1 Å². The number of aromatic hydroxyl groups is 1. The molecule has 0 aliphatic rings. The summed E-state index contributed by atoms with van der Waals surface area (Å²) in [5.41, 5.74) is 8.47. The predicted molar refractivity (Wildman–Crippen MR) is 62.2 cm³/mol. The minimum atomic E-state index is 0.312. The zero-order valence-corrected chi connectivity index (χ0v) is 9.21. The lowest BCUT2D eigenvalue weighted by Gasteiger charge is -2.03. The van der Waals surface area contributed by atoms with Crippen molar-refractivity contribution in [2.45, 2.75) is 13.3 Å². The molecule has 0 unspecified atom stereocenters. The molecule has 0 saturated carbocycles. The summed E-state index contributed by atoms with van der Waals surface area (Å²) in [4.78, 5) is 4.16. The van der Waals surface area contributed by atoms with Crippen LogP contribution >= 0.6 is 11.3 Å². The lowest BCUT2D eigenvalue weighted by Crippen LogP contribution is -1.91. The number of phenols is 1. The molecule has 4 heteroatoms. The van der Waals surface area contributed by atoms with Gasteiger partial charge in [0.2, 0.25) is 0 Å². The summed E-state index contributed by atoms with van der Waals surface area (Å²) in [5, 5.41) is 12.1. The van der Waals surface area contributed by atoms with Crippen LogP contribution in [-0.4, -0.2) is 10.1 Å². The average molecular weight is 220 g/mol. The van der Waals surface area contributed by atoms with Crippen molar-refractivity contribution < 1.29 is 5.11 Å². The Hall–Kier alpha value is -1.55. The minimum Gasteiger partial charge on any atom is -0.508 e. The van der Waals surface area contributed by atoms with Crippen molar-refractivity contribution in [2.24, 2.45) is 0 Å². The fourth-order valence-electron chi connectivity index (χ4n) is 1.45. The summed E-state index contributed by atoms with van der Waals surface area (Å²) in [5.74, 6) is 0.312. The van der Waals surface area contributed by atoms with E-state index in [2.05, 4.69) is 4.98 Å². The number of nitrogens with two attached hydrogens (primary N) is 1. The number of hydrogen-bond donors (Lipinski definition) is 2. The summed E-state index contributed by atoms with van der Waals surface area (Å²) in [6.07, 6.45) is 0.626. The van der Waals surface area contributed by atoms with Crippen LogP contribution in [0.2, 0.25) is 0 Å². The van der Waals surface area contributed by atoms with E-state index in [0.717, 1.165) is 16.8 Å². The predicted octanol–water partition coefficient (Wildman–Crippen LogP) is 2.33. The number of benzene rings is 1. The number of anilines is 1. The molecular formula is C11H12N2OS. The molecule has 1 heterocycles. The first-order valence-corrected chi connectivity index (χ1v) is 5.51. The molecule has 0 radical (unpaired) electrons. The van der Waals surface area contributed by atoms with E-state index in [0.29, 0.717) is 17.3 Å².